The van der Waals surface area contributed by atoms with Crippen LogP contribution in [0.15, 0.2) is 30.3 Å². The van der Waals surface area contributed by atoms with Crippen molar-refractivity contribution in [2.75, 3.05) is 32.8 Å². The second-order valence-electron chi connectivity index (χ2n) is 6.81. The van der Waals surface area contributed by atoms with Gasteiger partial charge in [0.1, 0.15) is 5.75 Å². The molecule has 6 nitrogen and oxygen atoms in total. The van der Waals surface area contributed by atoms with Crippen molar-refractivity contribution in [2.24, 2.45) is 5.92 Å². The predicted molar refractivity (Wildman–Crippen MR) is 103 cm³/mol. The van der Waals surface area contributed by atoms with Gasteiger partial charge < -0.3 is 20.3 Å². The molecule has 0 bridgehead atoms. The van der Waals surface area contributed by atoms with Gasteiger partial charge in [-0.25, -0.2) is 0 Å². The number of halogens is 1. The van der Waals surface area contributed by atoms with E-state index in [1.54, 1.807) is 4.90 Å². The van der Waals surface area contributed by atoms with Crippen LogP contribution < -0.4 is 15.4 Å². The second kappa shape index (κ2) is 10.4. The SMILES string of the molecule is Cl.O=C(NC1CCNCC1)C1CCCN(C(=O)COc2ccccc2)C1. The Bertz CT molecular complexity index is 579. The van der Waals surface area contributed by atoms with Gasteiger partial charge >= 0.3 is 0 Å². The zero-order chi connectivity index (χ0) is 17.5. The Balaban J connectivity index is 0.00000243. The molecule has 2 amide bonds. The van der Waals surface area contributed by atoms with Gasteiger partial charge in [-0.05, 0) is 50.9 Å². The van der Waals surface area contributed by atoms with Crippen LogP contribution in [0.4, 0.5) is 0 Å². The van der Waals surface area contributed by atoms with Gasteiger partial charge in [0.15, 0.2) is 6.61 Å². The molecule has 2 aliphatic heterocycles. The van der Waals surface area contributed by atoms with Crippen LogP contribution in [0.5, 0.6) is 5.75 Å². The van der Waals surface area contributed by atoms with Gasteiger partial charge in [-0.1, -0.05) is 18.2 Å². The Morgan fingerprint density at radius 1 is 1.15 bits per heavy atom. The standard InChI is InChI=1S/C19H27N3O3.ClH/c23-18(14-25-17-6-2-1-3-7-17)22-12-4-5-15(13-22)19(24)21-16-8-10-20-11-9-16;/h1-3,6-7,15-16,20H,4-5,8-14H2,(H,21,24);1H. The number of nitrogens with one attached hydrogen (secondary N) is 2. The van der Waals surface area contributed by atoms with Gasteiger partial charge in [0.05, 0.1) is 5.92 Å². The van der Waals surface area contributed by atoms with Crippen molar-refractivity contribution >= 4 is 24.2 Å². The van der Waals surface area contributed by atoms with Crippen molar-refractivity contribution in [2.45, 2.75) is 31.7 Å². The number of para-hydroxylation sites is 1. The molecule has 3 rings (SSSR count). The zero-order valence-electron chi connectivity index (χ0n) is 15.0. The van der Waals surface area contributed by atoms with Crippen LogP contribution in [-0.4, -0.2) is 55.5 Å². The molecule has 1 aromatic rings. The molecule has 7 heteroatoms. The average Bonchev–Trinajstić information content (AvgIpc) is 2.68. The Morgan fingerprint density at radius 3 is 2.62 bits per heavy atom. The first-order valence-electron chi connectivity index (χ1n) is 9.19. The summed E-state index contributed by atoms with van der Waals surface area (Å²) in [5, 5.41) is 6.46. The summed E-state index contributed by atoms with van der Waals surface area (Å²) >= 11 is 0. The molecule has 2 heterocycles. The maximum atomic E-state index is 12.5. The highest BCUT2D eigenvalue weighted by atomic mass is 35.5. The predicted octanol–water partition coefficient (Wildman–Crippen LogP) is 1.59. The molecule has 2 aliphatic rings. The van der Waals surface area contributed by atoms with Gasteiger partial charge in [0, 0.05) is 19.1 Å². The molecule has 26 heavy (non-hydrogen) atoms. The highest BCUT2D eigenvalue weighted by Gasteiger charge is 2.29. The molecule has 144 valence electrons. The topological polar surface area (TPSA) is 70.7 Å². The van der Waals surface area contributed by atoms with Crippen LogP contribution >= 0.6 is 12.4 Å². The molecule has 1 aromatic carbocycles. The van der Waals surface area contributed by atoms with E-state index in [9.17, 15) is 9.59 Å². The summed E-state index contributed by atoms with van der Waals surface area (Å²) in [5.41, 5.74) is 0. The van der Waals surface area contributed by atoms with E-state index in [-0.39, 0.29) is 42.8 Å². The number of hydrogen-bond acceptors (Lipinski definition) is 4. The van der Waals surface area contributed by atoms with Crippen LogP contribution in [0.1, 0.15) is 25.7 Å². The quantitative estimate of drug-likeness (QED) is 0.812. The van der Waals surface area contributed by atoms with E-state index >= 15 is 0 Å². The number of carbonyl (C=O) groups excluding carboxylic acids is 2. The summed E-state index contributed by atoms with van der Waals surface area (Å²) in [5.74, 6) is 0.619. The largest absolute Gasteiger partial charge is 0.484 e. The number of likely N-dealkylation sites (tertiary alicyclic amines) is 1. The first kappa shape index (κ1) is 20.5. The van der Waals surface area contributed by atoms with E-state index < -0.39 is 0 Å². The smallest absolute Gasteiger partial charge is 0.260 e. The summed E-state index contributed by atoms with van der Waals surface area (Å²) < 4.78 is 5.54. The van der Waals surface area contributed by atoms with Crippen LogP contribution in [0.3, 0.4) is 0 Å². The summed E-state index contributed by atoms with van der Waals surface area (Å²) in [4.78, 5) is 26.7. The number of hydrogen-bond donors (Lipinski definition) is 2. The van der Waals surface area contributed by atoms with Gasteiger partial charge in [-0.15, -0.1) is 12.4 Å². The molecule has 0 aliphatic carbocycles. The number of carbonyl (C=O) groups is 2. The number of nitrogens with zero attached hydrogens (tertiary/aromatic N) is 1. The fourth-order valence-electron chi connectivity index (χ4n) is 3.46. The van der Waals surface area contributed by atoms with E-state index in [4.69, 9.17) is 4.74 Å². The van der Waals surface area contributed by atoms with Crippen molar-refractivity contribution in [3.8, 4) is 5.75 Å². The molecular formula is C19H28ClN3O3. The maximum Gasteiger partial charge on any atom is 0.260 e. The van der Waals surface area contributed by atoms with Gasteiger partial charge in [-0.2, -0.15) is 0 Å². The van der Waals surface area contributed by atoms with E-state index in [0.29, 0.717) is 18.8 Å². The number of ether oxygens (including phenoxy) is 1. The Morgan fingerprint density at radius 2 is 1.88 bits per heavy atom. The van der Waals surface area contributed by atoms with Crippen molar-refractivity contribution in [3.05, 3.63) is 30.3 Å². The highest BCUT2D eigenvalue weighted by Crippen LogP contribution is 2.18. The average molecular weight is 382 g/mol. The molecule has 0 saturated carbocycles. The number of amides is 2. The monoisotopic (exact) mass is 381 g/mol. The van der Waals surface area contributed by atoms with Crippen molar-refractivity contribution in [1.29, 1.82) is 0 Å². The summed E-state index contributed by atoms with van der Waals surface area (Å²) in [6, 6.07) is 9.59. The van der Waals surface area contributed by atoms with Gasteiger partial charge in [0.25, 0.3) is 5.91 Å². The van der Waals surface area contributed by atoms with Crippen molar-refractivity contribution in [3.63, 3.8) is 0 Å². The fraction of sp³-hybridized carbons (Fsp3) is 0.579. The molecule has 0 aromatic heterocycles. The minimum Gasteiger partial charge on any atom is -0.484 e. The van der Waals surface area contributed by atoms with Gasteiger partial charge in [0.2, 0.25) is 5.91 Å². The zero-order valence-corrected chi connectivity index (χ0v) is 15.8. The van der Waals surface area contributed by atoms with Gasteiger partial charge in [-0.3, -0.25) is 9.59 Å². The lowest BCUT2D eigenvalue weighted by molar-refractivity contribution is -0.137. The highest BCUT2D eigenvalue weighted by molar-refractivity contribution is 5.85. The van der Waals surface area contributed by atoms with E-state index in [2.05, 4.69) is 10.6 Å². The molecule has 2 saturated heterocycles. The van der Waals surface area contributed by atoms with Crippen molar-refractivity contribution < 1.29 is 14.3 Å². The van der Waals surface area contributed by atoms with E-state index in [1.807, 2.05) is 30.3 Å². The first-order chi connectivity index (χ1) is 12.2. The second-order valence-corrected chi connectivity index (χ2v) is 6.81. The summed E-state index contributed by atoms with van der Waals surface area (Å²) in [6.45, 7) is 3.13. The number of piperidine rings is 2. The molecule has 2 N–H and O–H groups in total. The van der Waals surface area contributed by atoms with Crippen LogP contribution in [0, 0.1) is 5.92 Å². The molecule has 0 radical (unpaired) electrons. The van der Waals surface area contributed by atoms with E-state index in [0.717, 1.165) is 38.8 Å². The Kier molecular flexibility index (Phi) is 8.19. The minimum atomic E-state index is -0.107. The summed E-state index contributed by atoms with van der Waals surface area (Å²) in [7, 11) is 0. The lowest BCUT2D eigenvalue weighted by Gasteiger charge is -2.33. The molecule has 1 unspecified atom stereocenters. The maximum absolute atomic E-state index is 12.5. The normalized spacial score (nSPS) is 20.8. The third-order valence-corrected chi connectivity index (χ3v) is 4.94. The molecule has 1 atom stereocenters. The Labute approximate surface area is 161 Å². The van der Waals surface area contributed by atoms with Crippen LogP contribution in [0.25, 0.3) is 0 Å². The number of benzene rings is 1. The fourth-order valence-corrected chi connectivity index (χ4v) is 3.46. The Hall–Kier alpha value is -1.79. The summed E-state index contributed by atoms with van der Waals surface area (Å²) in [6.07, 6.45) is 3.67. The number of rotatable bonds is 5. The lowest BCUT2D eigenvalue weighted by Crippen LogP contribution is -2.50. The van der Waals surface area contributed by atoms with Crippen LogP contribution in [-0.2, 0) is 9.59 Å². The first-order valence-corrected chi connectivity index (χ1v) is 9.19. The van der Waals surface area contributed by atoms with E-state index in [1.165, 1.54) is 0 Å². The molecule has 2 fully saturated rings. The van der Waals surface area contributed by atoms with Crippen molar-refractivity contribution in [1.82, 2.24) is 15.5 Å². The molecule has 0 spiro atoms. The minimum absolute atomic E-state index is 0. The van der Waals surface area contributed by atoms with Crippen LogP contribution in [0.2, 0.25) is 0 Å². The molecular weight excluding hydrogens is 354 g/mol. The lowest BCUT2D eigenvalue weighted by atomic mass is 9.96. The third kappa shape index (κ3) is 5.88. The third-order valence-electron chi connectivity index (χ3n) is 4.94.